The molecule has 3 nitrogen and oxygen atoms in total. The van der Waals surface area contributed by atoms with E-state index in [0.29, 0.717) is 16.4 Å². The molecule has 19 heavy (non-hydrogen) atoms. The second-order valence-corrected chi connectivity index (χ2v) is 5.75. The lowest BCUT2D eigenvalue weighted by Crippen LogP contribution is -2.32. The normalized spacial score (nSPS) is 18.2. The average molecular weight is 328 g/mol. The molecule has 1 aliphatic carbocycles. The summed E-state index contributed by atoms with van der Waals surface area (Å²) in [7, 11) is 0. The molecule has 0 bridgehead atoms. The van der Waals surface area contributed by atoms with Gasteiger partial charge in [-0.1, -0.05) is 25.7 Å². The van der Waals surface area contributed by atoms with Gasteiger partial charge in [-0.25, -0.2) is 10.2 Å². The number of hydrazine groups is 1. The number of amidine groups is 1. The summed E-state index contributed by atoms with van der Waals surface area (Å²) in [5, 5.41) is 0. The Morgan fingerprint density at radius 3 is 2.53 bits per heavy atom. The molecular weight excluding hydrogens is 309 g/mol. The lowest BCUT2D eigenvalue weighted by molar-refractivity contribution is 0.583. The van der Waals surface area contributed by atoms with Crippen molar-refractivity contribution < 1.29 is 4.39 Å². The van der Waals surface area contributed by atoms with Crippen LogP contribution in [0.3, 0.4) is 0 Å². The Morgan fingerprint density at radius 2 is 1.95 bits per heavy atom. The molecule has 0 saturated heterocycles. The van der Waals surface area contributed by atoms with Gasteiger partial charge < -0.3 is 5.43 Å². The highest BCUT2D eigenvalue weighted by Crippen LogP contribution is 2.22. The topological polar surface area (TPSA) is 50.4 Å². The molecule has 0 heterocycles. The van der Waals surface area contributed by atoms with Crippen molar-refractivity contribution in [2.45, 2.75) is 44.6 Å². The summed E-state index contributed by atoms with van der Waals surface area (Å²) in [6.45, 7) is 0. The van der Waals surface area contributed by atoms with Crippen molar-refractivity contribution in [3.05, 3.63) is 34.1 Å². The minimum atomic E-state index is -0.276. The van der Waals surface area contributed by atoms with Crippen molar-refractivity contribution in [3.63, 3.8) is 0 Å². The van der Waals surface area contributed by atoms with Crippen molar-refractivity contribution in [2.75, 3.05) is 0 Å². The van der Waals surface area contributed by atoms with Crippen LogP contribution in [0.5, 0.6) is 0 Å². The van der Waals surface area contributed by atoms with Crippen molar-refractivity contribution in [1.82, 2.24) is 5.43 Å². The molecule has 0 radical (unpaired) electrons. The van der Waals surface area contributed by atoms with Gasteiger partial charge in [-0.15, -0.1) is 0 Å². The number of aliphatic imine (C=N–C) groups is 1. The van der Waals surface area contributed by atoms with Gasteiger partial charge in [0.25, 0.3) is 0 Å². The van der Waals surface area contributed by atoms with Crippen LogP contribution in [-0.2, 0) is 0 Å². The highest BCUT2D eigenvalue weighted by molar-refractivity contribution is 9.10. The van der Waals surface area contributed by atoms with Gasteiger partial charge >= 0.3 is 0 Å². The third kappa shape index (κ3) is 4.01. The molecule has 0 aliphatic heterocycles. The highest BCUT2D eigenvalue weighted by atomic mass is 79.9. The molecule has 0 spiro atoms. The van der Waals surface area contributed by atoms with Gasteiger partial charge in [0, 0.05) is 10.0 Å². The quantitative estimate of drug-likeness (QED) is 0.287. The maximum atomic E-state index is 13.1. The molecule has 0 atom stereocenters. The van der Waals surface area contributed by atoms with E-state index in [1.165, 1.54) is 37.8 Å². The molecule has 1 aromatic carbocycles. The highest BCUT2D eigenvalue weighted by Gasteiger charge is 2.14. The van der Waals surface area contributed by atoms with Gasteiger partial charge in [0.1, 0.15) is 11.7 Å². The third-order valence-electron chi connectivity index (χ3n) is 3.46. The molecule has 0 aromatic heterocycles. The molecule has 3 N–H and O–H groups in total. The van der Waals surface area contributed by atoms with Crippen LogP contribution in [0.2, 0.25) is 0 Å². The second kappa shape index (κ2) is 7.01. The standard InChI is InChI=1S/C14H19BrFN3/c15-13-9-10(16)7-8-12(13)14(19-17)18-11-5-3-1-2-4-6-11/h7-9,11H,1-6,17H2,(H,18,19). The van der Waals surface area contributed by atoms with Crippen LogP contribution >= 0.6 is 15.9 Å². The average Bonchev–Trinajstić information content (AvgIpc) is 2.65. The minimum Gasteiger partial charge on any atom is -0.308 e. The largest absolute Gasteiger partial charge is 0.308 e. The lowest BCUT2D eigenvalue weighted by Gasteiger charge is -2.13. The molecule has 0 amide bonds. The smallest absolute Gasteiger partial charge is 0.143 e. The fourth-order valence-electron chi connectivity index (χ4n) is 2.44. The van der Waals surface area contributed by atoms with Crippen LogP contribution in [0.25, 0.3) is 0 Å². The molecular formula is C14H19BrFN3. The number of rotatable bonds is 2. The minimum absolute atomic E-state index is 0.276. The van der Waals surface area contributed by atoms with Crippen LogP contribution in [0.4, 0.5) is 4.39 Å². The Morgan fingerprint density at radius 1 is 1.26 bits per heavy atom. The van der Waals surface area contributed by atoms with E-state index in [0.717, 1.165) is 18.4 Å². The Kier molecular flexibility index (Phi) is 5.34. The van der Waals surface area contributed by atoms with Gasteiger partial charge in [0.15, 0.2) is 0 Å². The van der Waals surface area contributed by atoms with Gasteiger partial charge in [-0.3, -0.25) is 4.99 Å². The number of nitrogens with one attached hydrogen (secondary N) is 1. The zero-order chi connectivity index (χ0) is 13.7. The molecule has 1 aliphatic rings. The molecule has 0 unspecified atom stereocenters. The zero-order valence-corrected chi connectivity index (χ0v) is 12.4. The summed E-state index contributed by atoms with van der Waals surface area (Å²) < 4.78 is 13.8. The SMILES string of the molecule is NNC(=NC1CCCCCC1)c1ccc(F)cc1Br. The fraction of sp³-hybridized carbons (Fsp3) is 0.500. The first-order valence-electron chi connectivity index (χ1n) is 6.70. The van der Waals surface area contributed by atoms with E-state index in [9.17, 15) is 4.39 Å². The van der Waals surface area contributed by atoms with Crippen molar-refractivity contribution in [3.8, 4) is 0 Å². The van der Waals surface area contributed by atoms with Crippen molar-refractivity contribution in [1.29, 1.82) is 0 Å². The molecule has 1 fully saturated rings. The number of nitrogens with two attached hydrogens (primary N) is 1. The van der Waals surface area contributed by atoms with E-state index in [1.54, 1.807) is 6.07 Å². The zero-order valence-electron chi connectivity index (χ0n) is 10.8. The molecule has 104 valence electrons. The maximum absolute atomic E-state index is 13.1. The predicted octanol–water partition coefficient (Wildman–Crippen LogP) is 3.52. The second-order valence-electron chi connectivity index (χ2n) is 4.89. The molecule has 1 saturated carbocycles. The van der Waals surface area contributed by atoms with Gasteiger partial charge in [-0.2, -0.15) is 0 Å². The summed E-state index contributed by atoms with van der Waals surface area (Å²) in [5.74, 6) is 5.92. The number of nitrogens with zero attached hydrogens (tertiary/aromatic N) is 1. The number of hydrogen-bond donors (Lipinski definition) is 2. The summed E-state index contributed by atoms with van der Waals surface area (Å²) in [6.07, 6.45) is 7.22. The predicted molar refractivity (Wildman–Crippen MR) is 79.5 cm³/mol. The van der Waals surface area contributed by atoms with Crippen molar-refractivity contribution in [2.24, 2.45) is 10.8 Å². The van der Waals surface area contributed by atoms with Crippen LogP contribution in [0, 0.1) is 5.82 Å². The van der Waals surface area contributed by atoms with E-state index < -0.39 is 0 Å². The molecule has 2 rings (SSSR count). The van der Waals surface area contributed by atoms with Crippen LogP contribution in [-0.4, -0.2) is 11.9 Å². The molecule has 1 aromatic rings. The lowest BCUT2D eigenvalue weighted by atomic mass is 10.1. The van der Waals surface area contributed by atoms with Gasteiger partial charge in [0.05, 0.1) is 6.04 Å². The first kappa shape index (κ1) is 14.5. The first-order chi connectivity index (χ1) is 9.20. The summed E-state index contributed by atoms with van der Waals surface area (Å²) in [4.78, 5) is 4.70. The third-order valence-corrected chi connectivity index (χ3v) is 4.12. The Balaban J connectivity index is 2.22. The van der Waals surface area contributed by atoms with Crippen LogP contribution < -0.4 is 11.3 Å². The van der Waals surface area contributed by atoms with E-state index in [1.807, 2.05) is 0 Å². The number of benzene rings is 1. The van der Waals surface area contributed by atoms with E-state index in [-0.39, 0.29) is 5.82 Å². The Labute approximate surface area is 121 Å². The summed E-state index contributed by atoms with van der Waals surface area (Å²) >= 11 is 3.35. The summed E-state index contributed by atoms with van der Waals surface area (Å²) in [6, 6.07) is 4.84. The maximum Gasteiger partial charge on any atom is 0.143 e. The van der Waals surface area contributed by atoms with E-state index in [4.69, 9.17) is 10.8 Å². The van der Waals surface area contributed by atoms with Gasteiger partial charge in [-0.05, 0) is 47.0 Å². The Hall–Kier alpha value is -0.940. The van der Waals surface area contributed by atoms with E-state index >= 15 is 0 Å². The monoisotopic (exact) mass is 327 g/mol. The van der Waals surface area contributed by atoms with Crippen LogP contribution in [0.1, 0.15) is 44.1 Å². The summed E-state index contributed by atoms with van der Waals surface area (Å²) in [5.41, 5.74) is 3.44. The number of halogens is 2. The fourth-order valence-corrected chi connectivity index (χ4v) is 2.97. The first-order valence-corrected chi connectivity index (χ1v) is 7.50. The van der Waals surface area contributed by atoms with Crippen molar-refractivity contribution >= 4 is 21.8 Å². The Bertz CT molecular complexity index is 454. The number of hydrogen-bond acceptors (Lipinski definition) is 2. The molecule has 5 heteroatoms. The van der Waals surface area contributed by atoms with E-state index in [2.05, 4.69) is 21.4 Å². The van der Waals surface area contributed by atoms with Crippen LogP contribution in [0.15, 0.2) is 27.7 Å². The van der Waals surface area contributed by atoms with Gasteiger partial charge in [0.2, 0.25) is 0 Å².